The maximum absolute atomic E-state index is 11.9. The zero-order valence-electron chi connectivity index (χ0n) is 8.56. The fourth-order valence-electron chi connectivity index (χ4n) is 1.35. The van der Waals surface area contributed by atoms with Crippen molar-refractivity contribution < 1.29 is 13.5 Å². The van der Waals surface area contributed by atoms with E-state index in [1.165, 1.54) is 18.3 Å². The highest BCUT2D eigenvalue weighted by molar-refractivity contribution is 5.59. The maximum atomic E-state index is 11.9. The first-order valence-electron chi connectivity index (χ1n) is 4.76. The number of aromatic nitrogens is 2. The molecule has 1 aromatic carbocycles. The molecule has 0 aliphatic rings. The topological polar surface area (TPSA) is 55.0 Å². The third-order valence-electron chi connectivity index (χ3n) is 2.07. The third kappa shape index (κ3) is 2.87. The summed E-state index contributed by atoms with van der Waals surface area (Å²) in [5.41, 5.74) is 0.787. The Morgan fingerprint density at radius 3 is 2.47 bits per heavy atom. The fraction of sp³-hybridized carbons (Fsp3) is 0.0909. The van der Waals surface area contributed by atoms with E-state index < -0.39 is 12.3 Å². The van der Waals surface area contributed by atoms with Gasteiger partial charge in [-0.15, -0.1) is 0 Å². The van der Waals surface area contributed by atoms with Crippen molar-refractivity contribution in [3.63, 3.8) is 0 Å². The molecule has 1 aromatic heterocycles. The van der Waals surface area contributed by atoms with Crippen LogP contribution in [0.25, 0.3) is 11.3 Å². The molecule has 0 saturated carbocycles. The summed E-state index contributed by atoms with van der Waals surface area (Å²) in [6.07, 6.45) is 1.37. The predicted molar refractivity (Wildman–Crippen MR) is 56.9 cm³/mol. The molecule has 2 aromatic rings. The summed E-state index contributed by atoms with van der Waals surface area (Å²) in [7, 11) is 0. The van der Waals surface area contributed by atoms with Crippen molar-refractivity contribution in [1.29, 1.82) is 0 Å². The molecule has 88 valence electrons. The number of ether oxygens (including phenoxy) is 1. The van der Waals surface area contributed by atoms with Crippen LogP contribution >= 0.6 is 0 Å². The fourth-order valence-corrected chi connectivity index (χ4v) is 1.35. The Labute approximate surface area is 94.9 Å². The van der Waals surface area contributed by atoms with Gasteiger partial charge >= 0.3 is 12.3 Å². The van der Waals surface area contributed by atoms with Gasteiger partial charge in [-0.25, -0.2) is 9.78 Å². The van der Waals surface area contributed by atoms with Crippen molar-refractivity contribution in [1.82, 2.24) is 9.97 Å². The number of alkyl halides is 2. The van der Waals surface area contributed by atoms with Crippen LogP contribution < -0.4 is 10.4 Å². The van der Waals surface area contributed by atoms with Gasteiger partial charge in [-0.05, 0) is 35.9 Å². The van der Waals surface area contributed by atoms with E-state index >= 15 is 0 Å². The Hall–Kier alpha value is -2.24. The molecular formula is C11H8F2N2O2. The lowest BCUT2D eigenvalue weighted by molar-refractivity contribution is -0.0498. The van der Waals surface area contributed by atoms with Crippen molar-refractivity contribution in [3.8, 4) is 17.0 Å². The Balaban J connectivity index is 2.26. The largest absolute Gasteiger partial charge is 0.435 e. The number of hydrogen-bond donors (Lipinski definition) is 1. The molecule has 2 rings (SSSR count). The van der Waals surface area contributed by atoms with Gasteiger partial charge in [0.2, 0.25) is 0 Å². The maximum Gasteiger partial charge on any atom is 0.387 e. The standard InChI is InChI=1S/C11H8F2N2O2/c12-10(13)17-8-3-1-7(2-4-8)9-5-6-14-11(16)15-9/h1-6,10H,(H,14,15,16). The van der Waals surface area contributed by atoms with Crippen LogP contribution in [0.1, 0.15) is 0 Å². The normalized spacial score (nSPS) is 10.5. The monoisotopic (exact) mass is 238 g/mol. The van der Waals surface area contributed by atoms with Gasteiger partial charge in [-0.2, -0.15) is 8.78 Å². The minimum Gasteiger partial charge on any atom is -0.435 e. The average molecular weight is 238 g/mol. The molecule has 0 aliphatic carbocycles. The summed E-state index contributed by atoms with van der Waals surface area (Å²) < 4.78 is 28.0. The van der Waals surface area contributed by atoms with Gasteiger partial charge in [0.05, 0.1) is 5.69 Å². The van der Waals surface area contributed by atoms with Crippen LogP contribution in [0.2, 0.25) is 0 Å². The minimum absolute atomic E-state index is 0.0696. The van der Waals surface area contributed by atoms with E-state index in [-0.39, 0.29) is 5.75 Å². The number of benzene rings is 1. The Kier molecular flexibility index (Phi) is 3.13. The van der Waals surface area contributed by atoms with Crippen molar-refractivity contribution >= 4 is 0 Å². The lowest BCUT2D eigenvalue weighted by atomic mass is 10.1. The van der Waals surface area contributed by atoms with E-state index in [2.05, 4.69) is 14.7 Å². The number of rotatable bonds is 3. The predicted octanol–water partition coefficient (Wildman–Crippen LogP) is 2.04. The second kappa shape index (κ2) is 4.73. The van der Waals surface area contributed by atoms with Gasteiger partial charge in [0.15, 0.2) is 0 Å². The van der Waals surface area contributed by atoms with Gasteiger partial charge in [0, 0.05) is 6.20 Å². The van der Waals surface area contributed by atoms with E-state index in [4.69, 9.17) is 0 Å². The van der Waals surface area contributed by atoms with Crippen molar-refractivity contribution in [2.24, 2.45) is 0 Å². The molecule has 0 saturated heterocycles. The van der Waals surface area contributed by atoms with E-state index in [0.29, 0.717) is 11.3 Å². The summed E-state index contributed by atoms with van der Waals surface area (Å²) in [6, 6.07) is 7.57. The van der Waals surface area contributed by atoms with Gasteiger partial charge in [0.25, 0.3) is 0 Å². The highest BCUT2D eigenvalue weighted by Crippen LogP contribution is 2.20. The van der Waals surface area contributed by atoms with Crippen LogP contribution in [0.15, 0.2) is 41.3 Å². The molecule has 17 heavy (non-hydrogen) atoms. The van der Waals surface area contributed by atoms with Crippen LogP contribution in [-0.2, 0) is 0 Å². The van der Waals surface area contributed by atoms with Crippen molar-refractivity contribution in [3.05, 3.63) is 47.0 Å². The van der Waals surface area contributed by atoms with Crippen molar-refractivity contribution in [2.45, 2.75) is 6.61 Å². The Morgan fingerprint density at radius 2 is 1.88 bits per heavy atom. The van der Waals surface area contributed by atoms with E-state index in [1.54, 1.807) is 18.2 Å². The molecule has 0 aliphatic heterocycles. The van der Waals surface area contributed by atoms with Gasteiger partial charge in [-0.1, -0.05) is 0 Å². The van der Waals surface area contributed by atoms with Crippen LogP contribution in [0.5, 0.6) is 5.75 Å². The van der Waals surface area contributed by atoms with Gasteiger partial charge in [0.1, 0.15) is 5.75 Å². The second-order valence-corrected chi connectivity index (χ2v) is 3.19. The Bertz CT molecular complexity index is 552. The van der Waals surface area contributed by atoms with Crippen LogP contribution in [0, 0.1) is 0 Å². The minimum atomic E-state index is -2.85. The lowest BCUT2D eigenvalue weighted by Gasteiger charge is -2.05. The first-order chi connectivity index (χ1) is 8.15. The Morgan fingerprint density at radius 1 is 1.18 bits per heavy atom. The van der Waals surface area contributed by atoms with Crippen LogP contribution in [-0.4, -0.2) is 16.6 Å². The molecular weight excluding hydrogens is 230 g/mol. The lowest BCUT2D eigenvalue weighted by Crippen LogP contribution is -2.09. The van der Waals surface area contributed by atoms with E-state index in [1.807, 2.05) is 0 Å². The van der Waals surface area contributed by atoms with E-state index in [0.717, 1.165) is 0 Å². The summed E-state index contributed by atoms with van der Waals surface area (Å²) >= 11 is 0. The zero-order valence-corrected chi connectivity index (χ0v) is 8.56. The number of H-pyrrole nitrogens is 1. The zero-order chi connectivity index (χ0) is 12.3. The molecule has 1 heterocycles. The van der Waals surface area contributed by atoms with Crippen LogP contribution in [0.3, 0.4) is 0 Å². The molecule has 0 spiro atoms. The molecule has 0 amide bonds. The smallest absolute Gasteiger partial charge is 0.387 e. The molecule has 1 N–H and O–H groups in total. The SMILES string of the molecule is O=c1nccc(-c2ccc(OC(F)F)cc2)[nH]1. The summed E-state index contributed by atoms with van der Waals surface area (Å²) in [4.78, 5) is 17.0. The third-order valence-corrected chi connectivity index (χ3v) is 2.07. The molecule has 0 fully saturated rings. The molecule has 0 radical (unpaired) electrons. The first-order valence-corrected chi connectivity index (χ1v) is 4.76. The number of halogens is 2. The number of nitrogens with zero attached hydrogens (tertiary/aromatic N) is 1. The van der Waals surface area contributed by atoms with E-state index in [9.17, 15) is 13.6 Å². The molecule has 0 unspecified atom stereocenters. The molecule has 4 nitrogen and oxygen atoms in total. The van der Waals surface area contributed by atoms with Crippen molar-refractivity contribution in [2.75, 3.05) is 0 Å². The van der Waals surface area contributed by atoms with Gasteiger partial charge < -0.3 is 9.72 Å². The van der Waals surface area contributed by atoms with Crippen LogP contribution in [0.4, 0.5) is 8.78 Å². The number of aromatic amines is 1. The summed E-state index contributed by atoms with van der Waals surface area (Å²) in [5, 5.41) is 0. The number of hydrogen-bond acceptors (Lipinski definition) is 3. The highest BCUT2D eigenvalue weighted by atomic mass is 19.3. The highest BCUT2D eigenvalue weighted by Gasteiger charge is 2.04. The first kappa shape index (κ1) is 11.3. The quantitative estimate of drug-likeness (QED) is 0.890. The molecule has 6 heteroatoms. The molecule has 0 atom stereocenters. The summed E-state index contributed by atoms with van der Waals surface area (Å²) in [6.45, 7) is -2.85. The average Bonchev–Trinajstić information content (AvgIpc) is 2.29. The number of nitrogens with one attached hydrogen (secondary N) is 1. The second-order valence-electron chi connectivity index (χ2n) is 3.19. The summed E-state index contributed by atoms with van der Waals surface area (Å²) in [5.74, 6) is 0.0696. The molecule has 0 bridgehead atoms. The van der Waals surface area contributed by atoms with Gasteiger partial charge in [-0.3, -0.25) is 0 Å².